The molecule has 1 saturated heterocycles. The van der Waals surface area contributed by atoms with Gasteiger partial charge in [-0.05, 0) is 70.2 Å². The Hall–Kier alpha value is -9.73. The van der Waals surface area contributed by atoms with Crippen LogP contribution in [0.5, 0.6) is 0 Å². The van der Waals surface area contributed by atoms with E-state index in [0.29, 0.717) is 45.1 Å². The topological polar surface area (TPSA) is 616 Å². The van der Waals surface area contributed by atoms with Crippen molar-refractivity contribution in [1.29, 1.82) is 0 Å². The Balaban J connectivity index is 0.000000395. The number of carbonyl (C=O) groups is 11. The number of carboxylic acids is 4. The van der Waals surface area contributed by atoms with Crippen molar-refractivity contribution in [3.8, 4) is 34.1 Å². The van der Waals surface area contributed by atoms with Crippen LogP contribution >= 0.6 is 57.7 Å². The van der Waals surface area contributed by atoms with Gasteiger partial charge in [-0.15, -0.1) is 0 Å². The second-order valence-corrected chi connectivity index (χ2v) is 33.4. The van der Waals surface area contributed by atoms with Crippen LogP contribution in [0.1, 0.15) is 123 Å². The highest BCUT2D eigenvalue weighted by Gasteiger charge is 2.44. The van der Waals surface area contributed by atoms with E-state index in [0.717, 1.165) is 55.3 Å². The molecule has 1 fully saturated rings. The fourth-order valence-electron chi connectivity index (χ4n) is 12.0. The molecule has 0 spiro atoms. The molecule has 1 aromatic heterocycles. The molecule has 7 amide bonds. The minimum atomic E-state index is -5.82. The standard InChI is InChI=1S/C43H53N6O23P3S2.C28H33N3O8S/c50-33-20-37(70-34(33)23-69-74(64,65)72-75(66,67)71-73(61,62)63)49-21-25(39(55)48-42(49)59)9-8-17-44-35(51)15-18-76-77-24-32(40(56)45-16-7-1-2-14-36(52)46-31(41(57)58)19-38(53)54)47-43(60)68-22-30-28-12-5-3-10-26(28)27-11-4-6-13-29(27)30;32-24(30-22(27(36)37)14-25(33)34)12-2-1-7-13-29-26(35)23(16-40)31-28(38)39-15-21-19-10-5-3-8-17(19)18-9-4-6-11-20(18)21/h3-6,10-13,21,30-34,37,50H,1-2,7,14-20,22-24H2,(H,44,51)(H,45,56)(H,46,52)(H,47,60)(H,53,54)(H,57,58)(H,64,65)(H,66,67)(H,48,55,59)(H2,61,62,63);3-6,8-11,21-23,40H,1-2,7,12-16H2,(H,29,35)(H,30,32)(H,31,38)(H,33,34)(H,36,37). The Morgan fingerprint density at radius 3 is 1.48 bits per heavy atom. The van der Waals surface area contributed by atoms with Gasteiger partial charge in [0.1, 0.15) is 55.3 Å². The number of hydrogen-bond acceptors (Lipinski definition) is 26. The lowest BCUT2D eigenvalue weighted by atomic mass is 9.98. The number of amides is 7. The molecule has 4 aromatic carbocycles. The van der Waals surface area contributed by atoms with E-state index in [9.17, 15) is 90.9 Å². The van der Waals surface area contributed by atoms with Crippen molar-refractivity contribution in [2.45, 2.75) is 131 Å². The Morgan fingerprint density at radius 1 is 0.564 bits per heavy atom. The summed E-state index contributed by atoms with van der Waals surface area (Å²) in [5.41, 5.74) is 6.19. The van der Waals surface area contributed by atoms with Crippen LogP contribution in [0.4, 0.5) is 9.59 Å². The number of aliphatic carboxylic acids is 4. The lowest BCUT2D eigenvalue weighted by molar-refractivity contribution is -0.147. The van der Waals surface area contributed by atoms with Gasteiger partial charge < -0.3 is 96.5 Å². The molecule has 5 aromatic rings. The SMILES string of the molecule is O=C(O)CC(NC(=O)CCCCCNC(=O)C(CS)NC(=O)OCC1c2ccccc2-c2ccccc21)C(=O)O.O=C(O)CC(NC(=O)CCCCCNC(=O)C(CSSCCC(=O)NCC#Cc1cn(C2CC(O)C(COP(=O)(O)OP(=O)(O)OP(=O)(O)O)O2)c(=O)[nH]c1=O)NC(=O)OCC1c2ccccc2-c2ccccc21)C(=O)O. The smallest absolute Gasteiger partial charge is 0.481 e. The first kappa shape index (κ1) is 94.4. The number of phosphoric ester groups is 1. The number of aromatic amines is 1. The third kappa shape index (κ3) is 30.9. The van der Waals surface area contributed by atoms with Crippen molar-refractivity contribution in [1.82, 2.24) is 46.8 Å². The second kappa shape index (κ2) is 45.8. The van der Waals surface area contributed by atoms with Crippen LogP contribution in [0, 0.1) is 11.8 Å². The molecule has 3 aliphatic rings. The maximum absolute atomic E-state index is 13.4. The van der Waals surface area contributed by atoms with Crippen molar-refractivity contribution in [3.05, 3.63) is 152 Å². The summed E-state index contributed by atoms with van der Waals surface area (Å²) in [5, 5.41) is 63.7. The van der Waals surface area contributed by atoms with Gasteiger partial charge in [0.15, 0.2) is 0 Å². The van der Waals surface area contributed by atoms with Gasteiger partial charge >= 0.3 is 65.2 Å². The molecular weight excluding hydrogens is 1660 g/mol. The maximum atomic E-state index is 13.4. The summed E-state index contributed by atoms with van der Waals surface area (Å²) < 4.78 is 63.8. The molecule has 2 heterocycles. The van der Waals surface area contributed by atoms with E-state index in [4.69, 9.17) is 44.4 Å². The first-order chi connectivity index (χ1) is 55.5. The second-order valence-electron chi connectivity index (χ2n) is 26.0. The number of aromatic nitrogens is 2. The lowest BCUT2D eigenvalue weighted by Crippen LogP contribution is -2.48. The number of rotatable bonds is 44. The summed E-state index contributed by atoms with van der Waals surface area (Å²) in [6.07, 6.45) is -4.12. The molecule has 117 heavy (non-hydrogen) atoms. The van der Waals surface area contributed by atoms with Crippen molar-refractivity contribution in [3.63, 3.8) is 0 Å². The first-order valence-electron chi connectivity index (χ1n) is 35.9. The number of alkyl carbamates (subject to hydrolysis) is 2. The lowest BCUT2D eigenvalue weighted by Gasteiger charge is -2.19. The van der Waals surface area contributed by atoms with E-state index in [2.05, 4.69) is 74.8 Å². The normalized spacial score (nSPS) is 16.5. The zero-order chi connectivity index (χ0) is 85.6. The quantitative estimate of drug-likeness (QED) is 0.00863. The summed E-state index contributed by atoms with van der Waals surface area (Å²) in [5.74, 6) is -3.15. The van der Waals surface area contributed by atoms with Crippen molar-refractivity contribution >= 4 is 123 Å². The fraction of sp³-hybridized carbons (Fsp3) is 0.423. The summed E-state index contributed by atoms with van der Waals surface area (Å²) in [4.78, 5) is 196. The Kier molecular flexibility index (Phi) is 37.0. The molecule has 9 unspecified atom stereocenters. The number of aliphatic hydroxyl groups excluding tert-OH is 1. The van der Waals surface area contributed by atoms with Crippen LogP contribution in [-0.4, -0.2) is 213 Å². The minimum absolute atomic E-state index is 0.0155. The Labute approximate surface area is 679 Å². The average Bonchev–Trinajstić information content (AvgIpc) is 1.62. The highest BCUT2D eigenvalue weighted by Crippen LogP contribution is 2.66. The van der Waals surface area contributed by atoms with Crippen LogP contribution in [-0.2, 0) is 84.2 Å². The van der Waals surface area contributed by atoms with Gasteiger partial charge in [-0.2, -0.15) is 21.3 Å². The first-order valence-corrected chi connectivity index (χ1v) is 43.5. The minimum Gasteiger partial charge on any atom is -0.481 e. The predicted octanol–water partition coefficient (Wildman–Crippen LogP) is 3.94. The molecule has 17 N–H and O–H groups in total. The Bertz CT molecular complexity index is 4660. The third-order valence-electron chi connectivity index (χ3n) is 17.5. The number of carboxylic acid groups (broad SMARTS) is 4. The molecule has 0 radical (unpaired) electrons. The summed E-state index contributed by atoms with van der Waals surface area (Å²) >= 11 is 4.17. The van der Waals surface area contributed by atoms with E-state index < -0.39 is 162 Å². The van der Waals surface area contributed by atoms with Crippen molar-refractivity contribution in [2.24, 2.45) is 0 Å². The predicted molar refractivity (Wildman–Crippen MR) is 420 cm³/mol. The average molecular weight is 1750 g/mol. The van der Waals surface area contributed by atoms with Gasteiger partial charge in [0, 0.05) is 74.1 Å². The number of fused-ring (bicyclic) bond motifs is 6. The number of phosphoric acid groups is 3. The maximum Gasteiger partial charge on any atom is 0.490 e. The third-order valence-corrected chi connectivity index (χ3v) is 24.1. The number of thiol groups is 1. The van der Waals surface area contributed by atoms with Gasteiger partial charge in [0.25, 0.3) is 5.56 Å². The number of aliphatic hydroxyl groups is 1. The molecule has 46 heteroatoms. The molecule has 634 valence electrons. The highest BCUT2D eigenvalue weighted by molar-refractivity contribution is 8.76. The van der Waals surface area contributed by atoms with Crippen molar-refractivity contribution in [2.75, 3.05) is 56.7 Å². The van der Waals surface area contributed by atoms with E-state index >= 15 is 0 Å². The molecule has 1 aliphatic heterocycles. The number of ether oxygens (including phenoxy) is 3. The van der Waals surface area contributed by atoms with Crippen LogP contribution in [0.25, 0.3) is 22.3 Å². The van der Waals surface area contributed by atoms with Crippen LogP contribution in [0.3, 0.4) is 0 Å². The summed E-state index contributed by atoms with van der Waals surface area (Å²) in [6, 6.07) is 26.4. The zero-order valence-electron chi connectivity index (χ0n) is 61.9. The molecule has 9 atom stereocenters. The Morgan fingerprint density at radius 2 is 1.03 bits per heavy atom. The van der Waals surface area contributed by atoms with Gasteiger partial charge in [-0.25, -0.2) is 37.7 Å². The van der Waals surface area contributed by atoms with Crippen LogP contribution in [0.15, 0.2) is 113 Å². The van der Waals surface area contributed by atoms with E-state index in [1.54, 1.807) is 0 Å². The number of H-pyrrole nitrogens is 1. The largest absolute Gasteiger partial charge is 0.490 e. The number of hydrogen-bond donors (Lipinski definition) is 18. The molecule has 8 rings (SSSR count). The highest BCUT2D eigenvalue weighted by atomic mass is 33.1. The van der Waals surface area contributed by atoms with E-state index in [-0.39, 0.29) is 86.6 Å². The molecule has 40 nitrogen and oxygen atoms in total. The monoisotopic (exact) mass is 1750 g/mol. The van der Waals surface area contributed by atoms with Gasteiger partial charge in [-0.1, -0.05) is 143 Å². The van der Waals surface area contributed by atoms with Gasteiger partial charge in [-0.3, -0.25) is 52.4 Å². The summed E-state index contributed by atoms with van der Waals surface area (Å²) in [7, 11) is -14.6. The number of benzene rings is 4. The molecule has 2 aliphatic carbocycles. The molecular formula is C71H86N9O31P3S3. The molecule has 0 bridgehead atoms. The molecule has 0 saturated carbocycles. The van der Waals surface area contributed by atoms with E-state index in [1.807, 2.05) is 102 Å². The van der Waals surface area contributed by atoms with Crippen molar-refractivity contribution < 1.29 is 139 Å². The fourth-order valence-corrected chi connectivity index (χ4v) is 17.5. The zero-order valence-corrected chi connectivity index (χ0v) is 67.1. The van der Waals surface area contributed by atoms with Gasteiger partial charge in [0.05, 0.1) is 32.1 Å². The van der Waals surface area contributed by atoms with Crippen LogP contribution in [0.2, 0.25) is 0 Å². The van der Waals surface area contributed by atoms with Gasteiger partial charge in [0.2, 0.25) is 29.5 Å². The van der Waals surface area contributed by atoms with E-state index in [1.165, 1.54) is 21.6 Å². The number of carbonyl (C=O) groups excluding carboxylic acids is 7. The van der Waals surface area contributed by atoms with Crippen LogP contribution < -0.4 is 48.5 Å². The summed E-state index contributed by atoms with van der Waals surface area (Å²) in [6.45, 7) is -0.715. The number of unbranched alkanes of at least 4 members (excludes halogenated alkanes) is 4. The number of nitrogens with one attached hydrogen (secondary N) is 8. The number of nitrogens with zero attached hydrogens (tertiary/aromatic N) is 1.